The lowest BCUT2D eigenvalue weighted by atomic mass is 10.1. The maximum Gasteiger partial charge on any atom is 0.228 e. The molecule has 152 valence electrons. The molecule has 0 aliphatic heterocycles. The third-order valence-corrected chi connectivity index (χ3v) is 4.60. The quantitative estimate of drug-likeness (QED) is 0.485. The van der Waals surface area contributed by atoms with Crippen molar-refractivity contribution >= 4 is 11.6 Å². The van der Waals surface area contributed by atoms with E-state index in [1.807, 2.05) is 56.3 Å². The summed E-state index contributed by atoms with van der Waals surface area (Å²) in [7, 11) is 0. The number of anilines is 1. The van der Waals surface area contributed by atoms with Gasteiger partial charge >= 0.3 is 0 Å². The van der Waals surface area contributed by atoms with Crippen molar-refractivity contribution in [1.82, 2.24) is 25.8 Å². The minimum absolute atomic E-state index is 0.121. The van der Waals surface area contributed by atoms with Gasteiger partial charge in [0.25, 0.3) is 0 Å². The number of ether oxygens (including phenoxy) is 1. The van der Waals surface area contributed by atoms with Crippen molar-refractivity contribution in [2.75, 3.05) is 5.32 Å². The minimum Gasteiger partial charge on any atom is -0.489 e. The summed E-state index contributed by atoms with van der Waals surface area (Å²) in [5.41, 5.74) is 4.08. The highest BCUT2D eigenvalue weighted by Crippen LogP contribution is 2.20. The number of nitrogens with zero attached hydrogens (tertiary/aromatic N) is 4. The smallest absolute Gasteiger partial charge is 0.228 e. The minimum atomic E-state index is -0.121. The van der Waals surface area contributed by atoms with E-state index in [9.17, 15) is 4.79 Å². The molecule has 0 bridgehead atoms. The number of carbonyl (C=O) groups excluding carboxylic acids is 1. The molecule has 0 radical (unpaired) electrons. The first-order valence-electron chi connectivity index (χ1n) is 9.36. The summed E-state index contributed by atoms with van der Waals surface area (Å²) in [6.07, 6.45) is 0.247. The molecule has 2 aromatic heterocycles. The second-order valence-electron chi connectivity index (χ2n) is 6.78. The van der Waals surface area contributed by atoms with Gasteiger partial charge in [-0.1, -0.05) is 29.4 Å². The predicted molar refractivity (Wildman–Crippen MR) is 109 cm³/mol. The van der Waals surface area contributed by atoms with E-state index < -0.39 is 0 Å². The monoisotopic (exact) mass is 404 g/mol. The first-order valence-corrected chi connectivity index (χ1v) is 9.36. The molecule has 2 heterocycles. The molecule has 0 spiro atoms. The molecular weight excluding hydrogens is 384 g/mol. The fourth-order valence-electron chi connectivity index (χ4n) is 2.98. The van der Waals surface area contributed by atoms with Gasteiger partial charge in [-0.3, -0.25) is 4.79 Å². The number of carbonyl (C=O) groups is 1. The molecule has 2 N–H and O–H groups in total. The molecule has 4 rings (SSSR count). The van der Waals surface area contributed by atoms with Crippen LogP contribution in [-0.4, -0.2) is 31.7 Å². The molecule has 0 saturated heterocycles. The molecule has 0 aliphatic carbocycles. The second kappa shape index (κ2) is 8.56. The molecule has 0 atom stereocenters. The molecule has 9 heteroatoms. The molecule has 0 unspecified atom stereocenters. The average molecular weight is 404 g/mol. The number of aryl methyl sites for hydroxylation is 2. The van der Waals surface area contributed by atoms with Crippen molar-refractivity contribution < 1.29 is 14.1 Å². The number of amides is 1. The Labute approximate surface area is 172 Å². The van der Waals surface area contributed by atoms with Crippen LogP contribution in [0, 0.1) is 13.8 Å². The van der Waals surface area contributed by atoms with E-state index in [1.54, 1.807) is 6.07 Å². The largest absolute Gasteiger partial charge is 0.489 e. The summed E-state index contributed by atoms with van der Waals surface area (Å²) in [5, 5.41) is 20.7. The van der Waals surface area contributed by atoms with Gasteiger partial charge in [-0.05, 0) is 48.9 Å². The lowest BCUT2D eigenvalue weighted by Gasteiger charge is -2.08. The lowest BCUT2D eigenvalue weighted by molar-refractivity contribution is -0.115. The highest BCUT2D eigenvalue weighted by Gasteiger charge is 2.10. The van der Waals surface area contributed by atoms with Crippen molar-refractivity contribution in [2.24, 2.45) is 0 Å². The van der Waals surface area contributed by atoms with Gasteiger partial charge in [-0.15, -0.1) is 10.2 Å². The number of aromatic nitrogens is 5. The third-order valence-electron chi connectivity index (χ3n) is 4.60. The fraction of sp³-hybridized carbons (Fsp3) is 0.190. The van der Waals surface area contributed by atoms with Crippen LogP contribution in [-0.2, 0) is 17.8 Å². The second-order valence-corrected chi connectivity index (χ2v) is 6.78. The average Bonchev–Trinajstić information content (AvgIpc) is 3.38. The number of hydrogen-bond donors (Lipinski definition) is 2. The molecule has 2 aromatic carbocycles. The van der Waals surface area contributed by atoms with E-state index in [-0.39, 0.29) is 12.3 Å². The molecule has 9 nitrogen and oxygen atoms in total. The molecule has 0 fully saturated rings. The topological polar surface area (TPSA) is 119 Å². The first-order chi connectivity index (χ1) is 14.6. The number of tetrazole rings is 1. The molecule has 30 heavy (non-hydrogen) atoms. The van der Waals surface area contributed by atoms with Crippen LogP contribution in [0.25, 0.3) is 11.4 Å². The Morgan fingerprint density at radius 3 is 2.70 bits per heavy atom. The fourth-order valence-corrected chi connectivity index (χ4v) is 2.98. The van der Waals surface area contributed by atoms with E-state index >= 15 is 0 Å². The van der Waals surface area contributed by atoms with E-state index in [0.29, 0.717) is 23.9 Å². The van der Waals surface area contributed by atoms with Crippen molar-refractivity contribution in [3.8, 4) is 17.1 Å². The van der Waals surface area contributed by atoms with Gasteiger partial charge in [-0.2, -0.15) is 5.21 Å². The van der Waals surface area contributed by atoms with Crippen molar-refractivity contribution in [3.05, 3.63) is 71.1 Å². The summed E-state index contributed by atoms with van der Waals surface area (Å²) in [6, 6.07) is 14.7. The maximum absolute atomic E-state index is 12.4. The van der Waals surface area contributed by atoms with Crippen LogP contribution in [0.15, 0.2) is 53.1 Å². The summed E-state index contributed by atoms with van der Waals surface area (Å²) in [6.45, 7) is 4.13. The summed E-state index contributed by atoms with van der Waals surface area (Å²) in [4.78, 5) is 12.4. The number of nitrogens with one attached hydrogen (secondary N) is 2. The highest BCUT2D eigenvalue weighted by atomic mass is 16.5. The van der Waals surface area contributed by atoms with E-state index in [1.165, 1.54) is 0 Å². The Morgan fingerprint density at radius 1 is 1.17 bits per heavy atom. The normalized spacial score (nSPS) is 10.7. The van der Waals surface area contributed by atoms with Gasteiger partial charge in [0.1, 0.15) is 18.1 Å². The number of benzene rings is 2. The SMILES string of the molecule is Cc1noc(C)c1COc1ccc(CC(=O)Nc2cccc(-c3nn[nH]n3)c2)cc1. The van der Waals surface area contributed by atoms with Gasteiger partial charge in [0, 0.05) is 11.3 Å². The van der Waals surface area contributed by atoms with Crippen LogP contribution in [0.1, 0.15) is 22.6 Å². The molecule has 4 aromatic rings. The predicted octanol–water partition coefficient (Wildman–Crippen LogP) is 3.23. The van der Waals surface area contributed by atoms with Crippen LogP contribution in [0.4, 0.5) is 5.69 Å². The van der Waals surface area contributed by atoms with E-state index in [4.69, 9.17) is 9.26 Å². The summed E-state index contributed by atoms with van der Waals surface area (Å²) >= 11 is 0. The number of hydrogen-bond acceptors (Lipinski definition) is 7. The van der Waals surface area contributed by atoms with Gasteiger partial charge in [0.2, 0.25) is 11.7 Å². The molecule has 1 amide bonds. The third kappa shape index (κ3) is 4.52. The lowest BCUT2D eigenvalue weighted by Crippen LogP contribution is -2.14. The van der Waals surface area contributed by atoms with E-state index in [2.05, 4.69) is 31.1 Å². The summed E-state index contributed by atoms with van der Waals surface area (Å²) in [5.74, 6) is 1.82. The van der Waals surface area contributed by atoms with Crippen molar-refractivity contribution in [2.45, 2.75) is 26.9 Å². The maximum atomic E-state index is 12.4. The Kier molecular flexibility index (Phi) is 5.51. The van der Waals surface area contributed by atoms with Gasteiger partial charge < -0.3 is 14.6 Å². The van der Waals surface area contributed by atoms with Crippen LogP contribution in [0.3, 0.4) is 0 Å². The number of aromatic amines is 1. The Bertz CT molecular complexity index is 1120. The van der Waals surface area contributed by atoms with Crippen molar-refractivity contribution in [1.29, 1.82) is 0 Å². The Hall–Kier alpha value is -4.01. The summed E-state index contributed by atoms with van der Waals surface area (Å²) < 4.78 is 10.9. The Balaban J connectivity index is 1.33. The van der Waals surface area contributed by atoms with E-state index in [0.717, 1.165) is 28.1 Å². The van der Waals surface area contributed by atoms with Gasteiger partial charge in [0.15, 0.2) is 0 Å². The number of rotatable bonds is 7. The van der Waals surface area contributed by atoms with Crippen molar-refractivity contribution in [3.63, 3.8) is 0 Å². The molecule has 0 saturated carbocycles. The van der Waals surface area contributed by atoms with Crippen LogP contribution >= 0.6 is 0 Å². The number of H-pyrrole nitrogens is 1. The van der Waals surface area contributed by atoms with Crippen LogP contribution in [0.2, 0.25) is 0 Å². The highest BCUT2D eigenvalue weighted by molar-refractivity contribution is 5.92. The Morgan fingerprint density at radius 2 is 2.00 bits per heavy atom. The van der Waals surface area contributed by atoms with Gasteiger partial charge in [-0.25, -0.2) is 0 Å². The van der Waals surface area contributed by atoms with Gasteiger partial charge in [0.05, 0.1) is 17.7 Å². The standard InChI is InChI=1S/C21H20N6O3/c1-13-19(14(2)30-25-13)12-29-18-8-6-15(7-9-18)10-20(28)22-17-5-3-4-16(11-17)21-23-26-27-24-21/h3-9,11H,10,12H2,1-2H3,(H,22,28)(H,23,24,26,27). The van der Waals surface area contributed by atoms with Crippen LogP contribution in [0.5, 0.6) is 5.75 Å². The van der Waals surface area contributed by atoms with Crippen LogP contribution < -0.4 is 10.1 Å². The molecule has 0 aliphatic rings. The molecular formula is C21H20N6O3. The first kappa shape index (κ1) is 19.3. The zero-order valence-electron chi connectivity index (χ0n) is 16.5. The zero-order chi connectivity index (χ0) is 20.9. The zero-order valence-corrected chi connectivity index (χ0v) is 16.5.